The van der Waals surface area contributed by atoms with Gasteiger partial charge in [0.2, 0.25) is 0 Å². The molecule has 0 radical (unpaired) electrons. The lowest BCUT2D eigenvalue weighted by molar-refractivity contribution is -0.155. The molecule has 19 heavy (non-hydrogen) atoms. The highest BCUT2D eigenvalue weighted by Crippen LogP contribution is 2.32. The molecule has 7 heteroatoms. The topological polar surface area (TPSA) is 94.9 Å². The summed E-state index contributed by atoms with van der Waals surface area (Å²) in [5.74, 6) is -3.10. The number of amides is 1. The van der Waals surface area contributed by atoms with Crippen LogP contribution in [0.1, 0.15) is 17.3 Å². The first-order chi connectivity index (χ1) is 8.74. The quantitative estimate of drug-likeness (QED) is 0.797. The number of Topliss-reactive ketones (excluding diaryl/α,β-unsaturated/α-hetero) is 1. The Morgan fingerprint density at radius 2 is 2.05 bits per heavy atom. The Morgan fingerprint density at radius 3 is 2.63 bits per heavy atom. The number of carbonyl (C=O) groups excluding carboxylic acids is 2. The van der Waals surface area contributed by atoms with Crippen molar-refractivity contribution < 1.29 is 24.6 Å². The molecule has 1 heterocycles. The van der Waals surface area contributed by atoms with Gasteiger partial charge in [-0.1, -0.05) is 11.6 Å². The second-order valence-electron chi connectivity index (χ2n) is 4.46. The van der Waals surface area contributed by atoms with Crippen LogP contribution in [0, 0.1) is 0 Å². The highest BCUT2D eigenvalue weighted by atomic mass is 35.5. The molecule has 1 aromatic carbocycles. The molecule has 0 aromatic heterocycles. The summed E-state index contributed by atoms with van der Waals surface area (Å²) in [6.07, 6.45) is 0. The van der Waals surface area contributed by atoms with Crippen LogP contribution >= 0.6 is 11.6 Å². The van der Waals surface area contributed by atoms with Gasteiger partial charge in [0.05, 0.1) is 17.8 Å². The maximum atomic E-state index is 11.8. The van der Waals surface area contributed by atoms with Crippen molar-refractivity contribution >= 4 is 34.9 Å². The number of carboxylic acids is 1. The molecule has 6 nitrogen and oxygen atoms in total. The van der Waals surface area contributed by atoms with Crippen molar-refractivity contribution in [2.75, 3.05) is 11.4 Å². The monoisotopic (exact) mass is 283 g/mol. The molecule has 0 saturated carbocycles. The average molecular weight is 284 g/mol. The molecule has 0 fully saturated rings. The SMILES string of the molecule is CC(O)(CN1C(=O)C(=O)c2ccc(Cl)cc21)C(=O)O. The third-order valence-electron chi connectivity index (χ3n) is 2.86. The molecular weight excluding hydrogens is 274 g/mol. The fourth-order valence-corrected chi connectivity index (χ4v) is 1.97. The Kier molecular flexibility index (Phi) is 3.07. The van der Waals surface area contributed by atoms with E-state index in [-0.39, 0.29) is 11.3 Å². The lowest BCUT2D eigenvalue weighted by atomic mass is 10.1. The standard InChI is InChI=1S/C12H10ClNO5/c1-12(19,11(17)18)5-14-8-4-6(13)2-3-7(8)9(15)10(14)16/h2-4,19H,5H2,1H3,(H,17,18). The molecule has 1 atom stereocenters. The fourth-order valence-electron chi connectivity index (χ4n) is 1.80. The minimum absolute atomic E-state index is 0.149. The summed E-state index contributed by atoms with van der Waals surface area (Å²) in [6, 6.07) is 4.25. The lowest BCUT2D eigenvalue weighted by Gasteiger charge is -2.25. The fraction of sp³-hybridized carbons (Fsp3) is 0.250. The second kappa shape index (κ2) is 4.32. The van der Waals surface area contributed by atoms with Crippen molar-refractivity contribution in [1.29, 1.82) is 0 Å². The number of rotatable bonds is 3. The van der Waals surface area contributed by atoms with E-state index >= 15 is 0 Å². The minimum Gasteiger partial charge on any atom is -0.479 e. The van der Waals surface area contributed by atoms with Crippen molar-refractivity contribution in [1.82, 2.24) is 0 Å². The van der Waals surface area contributed by atoms with E-state index in [4.69, 9.17) is 16.7 Å². The van der Waals surface area contributed by atoms with Gasteiger partial charge in [-0.15, -0.1) is 0 Å². The summed E-state index contributed by atoms with van der Waals surface area (Å²) in [4.78, 5) is 35.3. The molecule has 0 aliphatic carbocycles. The van der Waals surface area contributed by atoms with Gasteiger partial charge in [-0.25, -0.2) is 4.79 Å². The maximum Gasteiger partial charge on any atom is 0.337 e. The number of halogens is 1. The Balaban J connectivity index is 2.44. The van der Waals surface area contributed by atoms with Gasteiger partial charge in [0.1, 0.15) is 0 Å². The van der Waals surface area contributed by atoms with Crippen LogP contribution in [0.2, 0.25) is 5.02 Å². The number of fused-ring (bicyclic) bond motifs is 1. The Morgan fingerprint density at radius 1 is 1.42 bits per heavy atom. The van der Waals surface area contributed by atoms with E-state index in [2.05, 4.69) is 0 Å². The average Bonchev–Trinajstić information content (AvgIpc) is 2.54. The zero-order valence-electron chi connectivity index (χ0n) is 9.88. The number of hydrogen-bond donors (Lipinski definition) is 2. The number of aliphatic hydroxyl groups is 1. The van der Waals surface area contributed by atoms with Gasteiger partial charge in [0.15, 0.2) is 5.60 Å². The molecule has 0 bridgehead atoms. The summed E-state index contributed by atoms with van der Waals surface area (Å²) in [6.45, 7) is 0.524. The molecule has 1 aromatic rings. The van der Waals surface area contributed by atoms with Crippen molar-refractivity contribution in [3.05, 3.63) is 28.8 Å². The summed E-state index contributed by atoms with van der Waals surface area (Å²) in [7, 11) is 0. The van der Waals surface area contributed by atoms with E-state index < -0.39 is 29.8 Å². The normalized spacial score (nSPS) is 17.3. The molecule has 100 valence electrons. The molecule has 1 amide bonds. The van der Waals surface area contributed by atoms with Crippen LogP contribution < -0.4 is 4.90 Å². The third kappa shape index (κ3) is 2.20. The van der Waals surface area contributed by atoms with E-state index in [1.54, 1.807) is 0 Å². The van der Waals surface area contributed by atoms with E-state index in [9.17, 15) is 19.5 Å². The van der Waals surface area contributed by atoms with Crippen LogP contribution in [0.5, 0.6) is 0 Å². The first kappa shape index (κ1) is 13.5. The van der Waals surface area contributed by atoms with Gasteiger partial charge in [-0.3, -0.25) is 9.59 Å². The zero-order valence-corrected chi connectivity index (χ0v) is 10.6. The summed E-state index contributed by atoms with van der Waals surface area (Å²) in [5.41, 5.74) is -1.79. The summed E-state index contributed by atoms with van der Waals surface area (Å²) >= 11 is 5.79. The molecule has 1 aliphatic rings. The molecule has 1 aliphatic heterocycles. The van der Waals surface area contributed by atoms with Crippen molar-refractivity contribution in [2.24, 2.45) is 0 Å². The van der Waals surface area contributed by atoms with E-state index in [1.165, 1.54) is 18.2 Å². The smallest absolute Gasteiger partial charge is 0.337 e. The van der Waals surface area contributed by atoms with E-state index in [0.717, 1.165) is 11.8 Å². The Bertz CT molecular complexity index is 596. The van der Waals surface area contributed by atoms with Crippen molar-refractivity contribution in [3.8, 4) is 0 Å². The Labute approximate surface area is 113 Å². The number of β-amino-alcohol motifs (C(OH)–C–C–N with tert-alkyl or cyclic N) is 1. The zero-order chi connectivity index (χ0) is 14.4. The van der Waals surface area contributed by atoms with Gasteiger partial charge >= 0.3 is 5.97 Å². The van der Waals surface area contributed by atoms with Crippen LogP contribution in [0.15, 0.2) is 18.2 Å². The predicted molar refractivity (Wildman–Crippen MR) is 66.4 cm³/mol. The van der Waals surface area contributed by atoms with E-state index in [1.807, 2.05) is 0 Å². The van der Waals surface area contributed by atoms with Crippen LogP contribution in [-0.4, -0.2) is 40.0 Å². The number of carbonyl (C=O) groups is 3. The van der Waals surface area contributed by atoms with Crippen LogP contribution in [0.4, 0.5) is 5.69 Å². The summed E-state index contributed by atoms with van der Waals surface area (Å²) in [5, 5.41) is 18.9. The van der Waals surface area contributed by atoms with Gasteiger partial charge in [-0.2, -0.15) is 0 Å². The van der Waals surface area contributed by atoms with Gasteiger partial charge < -0.3 is 15.1 Å². The molecule has 1 unspecified atom stereocenters. The highest BCUT2D eigenvalue weighted by Gasteiger charge is 2.42. The molecule has 0 saturated heterocycles. The minimum atomic E-state index is -2.15. The first-order valence-electron chi connectivity index (χ1n) is 5.35. The number of aliphatic carboxylic acids is 1. The number of benzene rings is 1. The maximum absolute atomic E-state index is 11.8. The molecule has 2 rings (SSSR count). The predicted octanol–water partition coefficient (Wildman–Crippen LogP) is 0.705. The summed E-state index contributed by atoms with van der Waals surface area (Å²) < 4.78 is 0. The van der Waals surface area contributed by atoms with Crippen LogP contribution in [0.3, 0.4) is 0 Å². The van der Waals surface area contributed by atoms with Crippen LogP contribution in [0.25, 0.3) is 0 Å². The Hall–Kier alpha value is -1.92. The number of anilines is 1. The van der Waals surface area contributed by atoms with Gasteiger partial charge in [0, 0.05) is 5.02 Å². The van der Waals surface area contributed by atoms with Gasteiger partial charge in [-0.05, 0) is 25.1 Å². The number of carboxylic acid groups (broad SMARTS) is 1. The number of ketones is 1. The first-order valence-corrected chi connectivity index (χ1v) is 5.73. The second-order valence-corrected chi connectivity index (χ2v) is 4.90. The highest BCUT2D eigenvalue weighted by molar-refractivity contribution is 6.52. The largest absolute Gasteiger partial charge is 0.479 e. The molecule has 2 N–H and O–H groups in total. The van der Waals surface area contributed by atoms with Crippen molar-refractivity contribution in [2.45, 2.75) is 12.5 Å². The molecule has 0 spiro atoms. The van der Waals surface area contributed by atoms with Crippen molar-refractivity contribution in [3.63, 3.8) is 0 Å². The number of hydrogen-bond acceptors (Lipinski definition) is 4. The number of nitrogens with zero attached hydrogens (tertiary/aromatic N) is 1. The van der Waals surface area contributed by atoms with Crippen LogP contribution in [-0.2, 0) is 9.59 Å². The van der Waals surface area contributed by atoms with E-state index in [0.29, 0.717) is 5.02 Å². The van der Waals surface area contributed by atoms with Gasteiger partial charge in [0.25, 0.3) is 11.7 Å². The lowest BCUT2D eigenvalue weighted by Crippen LogP contribution is -2.48. The molecular formula is C12H10ClNO5. The third-order valence-corrected chi connectivity index (χ3v) is 3.10.